The number of rotatable bonds is 1. The van der Waals surface area contributed by atoms with E-state index in [0.717, 1.165) is 41.5 Å². The minimum Gasteiger partial charge on any atom is -0.387 e. The van der Waals surface area contributed by atoms with Crippen LogP contribution < -0.4 is 5.32 Å². The Balaban J connectivity index is 2.44. The quantitative estimate of drug-likeness (QED) is 0.813. The summed E-state index contributed by atoms with van der Waals surface area (Å²) in [6, 6.07) is 3.36. The molecule has 0 bridgehead atoms. The molecule has 2 nitrogen and oxygen atoms in total. The van der Waals surface area contributed by atoms with Gasteiger partial charge < -0.3 is 5.32 Å². The maximum absolute atomic E-state index is 13.6. The highest BCUT2D eigenvalue weighted by Crippen LogP contribution is 2.35. The maximum atomic E-state index is 13.6. The lowest BCUT2D eigenvalue weighted by Crippen LogP contribution is -2.01. The largest absolute Gasteiger partial charge is 0.387 e. The van der Waals surface area contributed by atoms with E-state index >= 15 is 0 Å². The number of nitrogens with zero attached hydrogens (tertiary/aromatic N) is 1. The van der Waals surface area contributed by atoms with Crippen LogP contribution in [-0.4, -0.2) is 12.0 Å². The van der Waals surface area contributed by atoms with Crippen LogP contribution in [0.4, 0.5) is 10.1 Å². The molecule has 1 N–H and O–H groups in total. The van der Waals surface area contributed by atoms with Crippen LogP contribution >= 0.6 is 0 Å². The molecule has 1 aliphatic rings. The highest BCUT2D eigenvalue weighted by atomic mass is 19.1. The Labute approximate surface area is 99.9 Å². The zero-order valence-corrected chi connectivity index (χ0v) is 10.1. The molecular formula is C14H15FN2. The summed E-state index contributed by atoms with van der Waals surface area (Å²) < 4.78 is 13.6. The molecule has 1 aliphatic carbocycles. The van der Waals surface area contributed by atoms with E-state index in [1.165, 1.54) is 11.6 Å². The fraction of sp³-hybridized carbons (Fsp3) is 0.357. The summed E-state index contributed by atoms with van der Waals surface area (Å²) >= 11 is 0. The summed E-state index contributed by atoms with van der Waals surface area (Å²) in [4.78, 5) is 4.64. The summed E-state index contributed by atoms with van der Waals surface area (Å²) in [5.41, 5.74) is 5.02. The summed E-state index contributed by atoms with van der Waals surface area (Å²) in [5.74, 6) is -0.176. The topological polar surface area (TPSA) is 24.9 Å². The Hall–Kier alpha value is -1.64. The van der Waals surface area contributed by atoms with Crippen molar-refractivity contribution < 1.29 is 4.39 Å². The number of hydrogen-bond donors (Lipinski definition) is 1. The monoisotopic (exact) mass is 230 g/mol. The molecule has 0 spiro atoms. The molecule has 0 atom stereocenters. The number of fused-ring (bicyclic) bond motifs is 2. The Bertz CT molecular complexity index is 605. The molecule has 1 heterocycles. The second kappa shape index (κ2) is 3.69. The number of halogens is 1. The first-order valence-electron chi connectivity index (χ1n) is 6.00. The van der Waals surface area contributed by atoms with Gasteiger partial charge >= 0.3 is 0 Å². The van der Waals surface area contributed by atoms with Crippen molar-refractivity contribution in [1.82, 2.24) is 4.98 Å². The summed E-state index contributed by atoms with van der Waals surface area (Å²) in [7, 11) is 1.92. The third kappa shape index (κ3) is 1.42. The van der Waals surface area contributed by atoms with Gasteiger partial charge in [-0.15, -0.1) is 0 Å². The lowest BCUT2D eigenvalue weighted by atomic mass is 10.0. The highest BCUT2D eigenvalue weighted by molar-refractivity contribution is 5.95. The standard InChI is InChI=1S/C14H15FN2/c1-8-11(15)7-6-10-13(8)17-12-5-3-4-9(12)14(10)16-2/h6-7H,3-5H2,1-2H3,(H,16,17). The SMILES string of the molecule is CNc1c2c(nc3c(C)c(F)ccc13)CCC2. The molecule has 2 aromatic rings. The average Bonchev–Trinajstić information content (AvgIpc) is 2.79. The number of anilines is 1. The zero-order valence-electron chi connectivity index (χ0n) is 10.1. The normalized spacial score (nSPS) is 14.1. The van der Waals surface area contributed by atoms with Gasteiger partial charge in [-0.05, 0) is 43.9 Å². The van der Waals surface area contributed by atoms with E-state index in [9.17, 15) is 4.39 Å². The van der Waals surface area contributed by atoms with Gasteiger partial charge in [-0.3, -0.25) is 4.98 Å². The van der Waals surface area contributed by atoms with Crippen LogP contribution in [0.15, 0.2) is 12.1 Å². The van der Waals surface area contributed by atoms with Crippen molar-refractivity contribution in [2.45, 2.75) is 26.2 Å². The van der Waals surface area contributed by atoms with Crippen molar-refractivity contribution in [1.29, 1.82) is 0 Å². The average molecular weight is 230 g/mol. The van der Waals surface area contributed by atoms with Gasteiger partial charge in [0.05, 0.1) is 5.52 Å². The molecule has 1 aromatic heterocycles. The number of pyridine rings is 1. The van der Waals surface area contributed by atoms with E-state index in [1.807, 2.05) is 13.1 Å². The number of aryl methyl sites for hydroxylation is 2. The molecule has 3 heteroatoms. The molecule has 17 heavy (non-hydrogen) atoms. The summed E-state index contributed by atoms with van der Waals surface area (Å²) in [5, 5.41) is 4.29. The smallest absolute Gasteiger partial charge is 0.128 e. The van der Waals surface area contributed by atoms with Crippen molar-refractivity contribution >= 4 is 16.6 Å². The number of aromatic nitrogens is 1. The first-order valence-corrected chi connectivity index (χ1v) is 6.00. The van der Waals surface area contributed by atoms with E-state index in [1.54, 1.807) is 6.92 Å². The number of hydrogen-bond acceptors (Lipinski definition) is 2. The van der Waals surface area contributed by atoms with Gasteiger partial charge in [-0.2, -0.15) is 0 Å². The molecule has 0 unspecified atom stereocenters. The number of nitrogens with one attached hydrogen (secondary N) is 1. The molecular weight excluding hydrogens is 215 g/mol. The third-order valence-electron chi connectivity index (χ3n) is 3.62. The van der Waals surface area contributed by atoms with Crippen molar-refractivity contribution in [3.8, 4) is 0 Å². The van der Waals surface area contributed by atoms with Crippen molar-refractivity contribution in [2.24, 2.45) is 0 Å². The Morgan fingerprint density at radius 2 is 2.12 bits per heavy atom. The van der Waals surface area contributed by atoms with Gasteiger partial charge in [0, 0.05) is 29.4 Å². The summed E-state index contributed by atoms with van der Waals surface area (Å²) in [6.45, 7) is 1.80. The van der Waals surface area contributed by atoms with Gasteiger partial charge in [-0.25, -0.2) is 4.39 Å². The highest BCUT2D eigenvalue weighted by Gasteiger charge is 2.20. The van der Waals surface area contributed by atoms with Crippen molar-refractivity contribution in [3.05, 3.63) is 34.8 Å². The molecule has 1 aromatic carbocycles. The van der Waals surface area contributed by atoms with Gasteiger partial charge in [0.2, 0.25) is 0 Å². The predicted octanol–water partition coefficient (Wildman–Crippen LogP) is 3.21. The number of benzene rings is 1. The second-order valence-corrected chi connectivity index (χ2v) is 4.58. The van der Waals surface area contributed by atoms with E-state index in [0.29, 0.717) is 5.56 Å². The minimum absolute atomic E-state index is 0.176. The Morgan fingerprint density at radius 3 is 2.88 bits per heavy atom. The Kier molecular flexibility index (Phi) is 2.28. The van der Waals surface area contributed by atoms with Crippen molar-refractivity contribution in [3.63, 3.8) is 0 Å². The lowest BCUT2D eigenvalue weighted by Gasteiger charge is -2.13. The predicted molar refractivity (Wildman–Crippen MR) is 68.0 cm³/mol. The zero-order chi connectivity index (χ0) is 12.0. The summed E-state index contributed by atoms with van der Waals surface area (Å²) in [6.07, 6.45) is 3.23. The lowest BCUT2D eigenvalue weighted by molar-refractivity contribution is 0.620. The van der Waals surface area contributed by atoms with Crippen LogP contribution in [0, 0.1) is 12.7 Å². The van der Waals surface area contributed by atoms with Crippen molar-refractivity contribution in [2.75, 3.05) is 12.4 Å². The second-order valence-electron chi connectivity index (χ2n) is 4.58. The molecule has 0 radical (unpaired) electrons. The molecule has 0 saturated heterocycles. The van der Waals surface area contributed by atoms with Crippen LogP contribution in [0.5, 0.6) is 0 Å². The van der Waals surface area contributed by atoms with Crippen LogP contribution in [0.1, 0.15) is 23.2 Å². The fourth-order valence-electron chi connectivity index (χ4n) is 2.72. The molecule has 0 fully saturated rings. The third-order valence-corrected chi connectivity index (χ3v) is 3.62. The van der Waals surface area contributed by atoms with Crippen LogP contribution in [0.2, 0.25) is 0 Å². The maximum Gasteiger partial charge on any atom is 0.128 e. The first kappa shape index (κ1) is 10.5. The van der Waals surface area contributed by atoms with Gasteiger partial charge in [0.1, 0.15) is 5.82 Å². The van der Waals surface area contributed by atoms with Crippen LogP contribution in [0.25, 0.3) is 10.9 Å². The molecule has 0 aliphatic heterocycles. The molecule has 0 amide bonds. The van der Waals surface area contributed by atoms with E-state index < -0.39 is 0 Å². The first-order chi connectivity index (χ1) is 8.22. The van der Waals surface area contributed by atoms with E-state index in [2.05, 4.69) is 10.3 Å². The van der Waals surface area contributed by atoms with Crippen LogP contribution in [0.3, 0.4) is 0 Å². The van der Waals surface area contributed by atoms with Gasteiger partial charge in [0.25, 0.3) is 0 Å². The van der Waals surface area contributed by atoms with Gasteiger partial charge in [-0.1, -0.05) is 0 Å². The fourth-order valence-corrected chi connectivity index (χ4v) is 2.72. The molecule has 3 rings (SSSR count). The van der Waals surface area contributed by atoms with E-state index in [-0.39, 0.29) is 5.82 Å². The van der Waals surface area contributed by atoms with Gasteiger partial charge in [0.15, 0.2) is 0 Å². The van der Waals surface area contributed by atoms with E-state index in [4.69, 9.17) is 0 Å². The molecule has 88 valence electrons. The molecule has 0 saturated carbocycles. The Morgan fingerprint density at radius 1 is 1.29 bits per heavy atom. The minimum atomic E-state index is -0.176. The van der Waals surface area contributed by atoms with Crippen LogP contribution in [-0.2, 0) is 12.8 Å².